The second kappa shape index (κ2) is 11.3. The number of rotatable bonds is 13. The van der Waals surface area contributed by atoms with E-state index in [0.717, 1.165) is 19.3 Å². The minimum atomic E-state index is -0.318. The van der Waals surface area contributed by atoms with E-state index in [1.165, 1.54) is 0 Å². The maximum atomic E-state index is 6.60. The third kappa shape index (κ3) is 8.24. The maximum Gasteiger partial charge on any atom is 0.115 e. The minimum absolute atomic E-state index is 0.0823. The van der Waals surface area contributed by atoms with Gasteiger partial charge in [-0.2, -0.15) is 0 Å². The molecule has 31 heavy (non-hydrogen) atoms. The number of fused-ring (bicyclic) bond motifs is 1. The summed E-state index contributed by atoms with van der Waals surface area (Å²) in [5.41, 5.74) is -0.594. The molecular weight excluding hydrogens is 396 g/mol. The molecule has 0 aromatic carbocycles. The lowest BCUT2D eigenvalue weighted by Crippen LogP contribution is -2.43. The standard InChI is InChI=1S/C25H48O6/c1-11-25(10,13-19(7)29-17(4)5)31-21-15-27-22-20(14-26-23(21)22)30-24(8,9)12-18(6)28-16(2)3/h16-23H,11-15H2,1-10H3. The second-order valence-electron chi connectivity index (χ2n) is 10.9. The highest BCUT2D eigenvalue weighted by atomic mass is 16.7. The number of hydrogen-bond acceptors (Lipinski definition) is 6. The topological polar surface area (TPSA) is 55.4 Å². The molecule has 0 amide bonds. The van der Waals surface area contributed by atoms with E-state index in [1.807, 2.05) is 0 Å². The quantitative estimate of drug-likeness (QED) is 0.402. The van der Waals surface area contributed by atoms with Crippen molar-refractivity contribution in [2.24, 2.45) is 0 Å². The van der Waals surface area contributed by atoms with Crippen LogP contribution in [0.25, 0.3) is 0 Å². The molecule has 0 aromatic heterocycles. The van der Waals surface area contributed by atoms with Gasteiger partial charge in [0.2, 0.25) is 0 Å². The van der Waals surface area contributed by atoms with E-state index in [-0.39, 0.29) is 60.0 Å². The Morgan fingerprint density at radius 1 is 0.742 bits per heavy atom. The van der Waals surface area contributed by atoms with Crippen LogP contribution in [-0.2, 0) is 28.4 Å². The Labute approximate surface area is 190 Å². The summed E-state index contributed by atoms with van der Waals surface area (Å²) in [6.45, 7) is 22.1. The zero-order chi connectivity index (χ0) is 23.4. The molecule has 0 saturated carbocycles. The normalized spacial score (nSPS) is 30.6. The van der Waals surface area contributed by atoms with Crippen LogP contribution in [-0.4, -0.2) is 73.2 Å². The van der Waals surface area contributed by atoms with Crippen molar-refractivity contribution in [1.29, 1.82) is 0 Å². The van der Waals surface area contributed by atoms with Crippen molar-refractivity contribution in [2.75, 3.05) is 13.2 Å². The first-order valence-corrected chi connectivity index (χ1v) is 12.2. The van der Waals surface area contributed by atoms with E-state index in [4.69, 9.17) is 28.4 Å². The van der Waals surface area contributed by atoms with Crippen LogP contribution >= 0.6 is 0 Å². The van der Waals surface area contributed by atoms with Crippen LogP contribution in [0.1, 0.15) is 88.5 Å². The monoisotopic (exact) mass is 444 g/mol. The zero-order valence-electron chi connectivity index (χ0n) is 21.6. The molecule has 0 N–H and O–H groups in total. The largest absolute Gasteiger partial charge is 0.376 e. The van der Waals surface area contributed by atoms with E-state index in [1.54, 1.807) is 0 Å². The minimum Gasteiger partial charge on any atom is -0.376 e. The maximum absolute atomic E-state index is 6.60. The van der Waals surface area contributed by atoms with Gasteiger partial charge in [-0.1, -0.05) is 6.92 Å². The van der Waals surface area contributed by atoms with Gasteiger partial charge in [0.05, 0.1) is 48.8 Å². The van der Waals surface area contributed by atoms with Gasteiger partial charge in [0.15, 0.2) is 0 Å². The van der Waals surface area contributed by atoms with Gasteiger partial charge in [0.25, 0.3) is 0 Å². The van der Waals surface area contributed by atoms with Gasteiger partial charge in [-0.15, -0.1) is 0 Å². The predicted octanol–water partition coefficient (Wildman–Crippen LogP) is 4.91. The fourth-order valence-electron chi connectivity index (χ4n) is 5.06. The molecule has 7 unspecified atom stereocenters. The van der Waals surface area contributed by atoms with Gasteiger partial charge in [-0.3, -0.25) is 0 Å². The lowest BCUT2D eigenvalue weighted by atomic mass is 9.94. The van der Waals surface area contributed by atoms with E-state index in [0.29, 0.717) is 13.2 Å². The molecule has 2 heterocycles. The lowest BCUT2D eigenvalue weighted by molar-refractivity contribution is -0.149. The van der Waals surface area contributed by atoms with Crippen LogP contribution in [0.4, 0.5) is 0 Å². The molecule has 0 aromatic rings. The Morgan fingerprint density at radius 2 is 1.19 bits per heavy atom. The molecule has 0 spiro atoms. The van der Waals surface area contributed by atoms with Crippen LogP contribution in [0.2, 0.25) is 0 Å². The van der Waals surface area contributed by atoms with Gasteiger partial charge in [-0.05, 0) is 68.7 Å². The Balaban J connectivity index is 1.92. The van der Waals surface area contributed by atoms with Crippen molar-refractivity contribution >= 4 is 0 Å². The molecule has 7 atom stereocenters. The van der Waals surface area contributed by atoms with Crippen LogP contribution in [0, 0.1) is 0 Å². The van der Waals surface area contributed by atoms with Crippen LogP contribution in [0.3, 0.4) is 0 Å². The van der Waals surface area contributed by atoms with Crippen molar-refractivity contribution in [3.05, 3.63) is 0 Å². The van der Waals surface area contributed by atoms with Crippen molar-refractivity contribution < 1.29 is 28.4 Å². The molecule has 0 radical (unpaired) electrons. The molecule has 184 valence electrons. The van der Waals surface area contributed by atoms with Gasteiger partial charge in [0.1, 0.15) is 24.4 Å². The molecular formula is C25H48O6. The molecule has 0 bridgehead atoms. The van der Waals surface area contributed by atoms with Crippen molar-refractivity contribution in [3.8, 4) is 0 Å². The molecule has 6 heteroatoms. The molecule has 0 aliphatic carbocycles. The van der Waals surface area contributed by atoms with Gasteiger partial charge >= 0.3 is 0 Å². The molecule has 2 rings (SSSR count). The van der Waals surface area contributed by atoms with E-state index >= 15 is 0 Å². The Morgan fingerprint density at radius 3 is 1.65 bits per heavy atom. The first-order valence-electron chi connectivity index (χ1n) is 12.2. The summed E-state index contributed by atoms with van der Waals surface area (Å²) in [7, 11) is 0. The fraction of sp³-hybridized carbons (Fsp3) is 1.00. The Kier molecular flexibility index (Phi) is 9.81. The van der Waals surface area contributed by atoms with Crippen molar-refractivity contribution in [3.63, 3.8) is 0 Å². The number of hydrogen-bond donors (Lipinski definition) is 0. The second-order valence-corrected chi connectivity index (χ2v) is 10.9. The summed E-state index contributed by atoms with van der Waals surface area (Å²) in [5, 5.41) is 0. The molecule has 2 fully saturated rings. The SMILES string of the molecule is CCC(C)(CC(C)OC(C)C)OC1COC2C(OC(C)(C)CC(C)OC(C)C)COC12. The van der Waals surface area contributed by atoms with Crippen molar-refractivity contribution in [1.82, 2.24) is 0 Å². The highest BCUT2D eigenvalue weighted by Gasteiger charge is 2.51. The zero-order valence-corrected chi connectivity index (χ0v) is 21.6. The van der Waals surface area contributed by atoms with Gasteiger partial charge < -0.3 is 28.4 Å². The Bertz CT molecular complexity index is 536. The van der Waals surface area contributed by atoms with Gasteiger partial charge in [-0.25, -0.2) is 0 Å². The molecule has 2 aliphatic heterocycles. The summed E-state index contributed by atoms with van der Waals surface area (Å²) < 4.78 is 37.2. The first kappa shape index (κ1) is 27.0. The third-order valence-electron chi connectivity index (χ3n) is 6.12. The molecule has 2 saturated heterocycles. The van der Waals surface area contributed by atoms with Crippen LogP contribution < -0.4 is 0 Å². The lowest BCUT2D eigenvalue weighted by Gasteiger charge is -2.35. The summed E-state index contributed by atoms with van der Waals surface area (Å²) in [5.74, 6) is 0. The molecule has 2 aliphatic rings. The van der Waals surface area contributed by atoms with Gasteiger partial charge in [0, 0.05) is 12.8 Å². The highest BCUT2D eigenvalue weighted by molar-refractivity contribution is 4.98. The van der Waals surface area contributed by atoms with Crippen LogP contribution in [0.15, 0.2) is 0 Å². The smallest absolute Gasteiger partial charge is 0.115 e. The third-order valence-corrected chi connectivity index (χ3v) is 6.12. The summed E-state index contributed by atoms with van der Waals surface area (Å²) in [6, 6.07) is 0. The van der Waals surface area contributed by atoms with E-state index in [2.05, 4.69) is 69.2 Å². The fourth-order valence-corrected chi connectivity index (χ4v) is 5.06. The van der Waals surface area contributed by atoms with E-state index < -0.39 is 0 Å². The Hall–Kier alpha value is -0.240. The predicted molar refractivity (Wildman–Crippen MR) is 123 cm³/mol. The molecule has 6 nitrogen and oxygen atoms in total. The highest BCUT2D eigenvalue weighted by Crippen LogP contribution is 2.37. The van der Waals surface area contributed by atoms with Crippen molar-refractivity contribution in [2.45, 2.75) is 149 Å². The summed E-state index contributed by atoms with van der Waals surface area (Å²) in [6.07, 6.45) is 2.93. The average Bonchev–Trinajstić information content (AvgIpc) is 3.16. The first-order chi connectivity index (χ1) is 14.3. The average molecular weight is 445 g/mol. The van der Waals surface area contributed by atoms with E-state index in [9.17, 15) is 0 Å². The van der Waals surface area contributed by atoms with Crippen LogP contribution in [0.5, 0.6) is 0 Å². The summed E-state index contributed by atoms with van der Waals surface area (Å²) in [4.78, 5) is 0. The number of ether oxygens (including phenoxy) is 6. The summed E-state index contributed by atoms with van der Waals surface area (Å²) >= 11 is 0.